The SMILES string of the molecule is Cc1nc(C2CCCN(S(=O)(=O)C3CCCC3)C2)nc2c1CCCN2CC1CC1. The van der Waals surface area contributed by atoms with Gasteiger partial charge in [0.05, 0.1) is 5.25 Å². The molecule has 1 aromatic heterocycles. The summed E-state index contributed by atoms with van der Waals surface area (Å²) in [5, 5.41) is -0.165. The molecule has 4 aliphatic rings. The average molecular weight is 419 g/mol. The maximum absolute atomic E-state index is 13.1. The second kappa shape index (κ2) is 7.80. The lowest BCUT2D eigenvalue weighted by atomic mass is 9.97. The summed E-state index contributed by atoms with van der Waals surface area (Å²) in [5.41, 5.74) is 2.41. The Morgan fingerprint density at radius 2 is 1.76 bits per heavy atom. The molecule has 29 heavy (non-hydrogen) atoms. The molecule has 1 atom stereocenters. The molecule has 0 amide bonds. The lowest BCUT2D eigenvalue weighted by Crippen LogP contribution is -2.43. The normalized spacial score (nSPS) is 26.7. The first-order chi connectivity index (χ1) is 14.0. The number of hydrogen-bond acceptors (Lipinski definition) is 5. The number of piperidine rings is 1. The van der Waals surface area contributed by atoms with Gasteiger partial charge in [-0.05, 0) is 64.2 Å². The van der Waals surface area contributed by atoms with Crippen molar-refractivity contribution in [2.24, 2.45) is 5.92 Å². The molecule has 0 spiro atoms. The van der Waals surface area contributed by atoms with E-state index in [4.69, 9.17) is 9.97 Å². The third kappa shape index (κ3) is 3.92. The summed E-state index contributed by atoms with van der Waals surface area (Å²) in [4.78, 5) is 12.4. The molecule has 0 radical (unpaired) electrons. The molecular formula is C22H34N4O2S. The largest absolute Gasteiger partial charge is 0.356 e. The van der Waals surface area contributed by atoms with Gasteiger partial charge in [0.25, 0.3) is 0 Å². The molecule has 0 N–H and O–H groups in total. The molecule has 3 fully saturated rings. The highest BCUT2D eigenvalue weighted by Crippen LogP contribution is 2.37. The van der Waals surface area contributed by atoms with Crippen LogP contribution in [0.4, 0.5) is 5.82 Å². The van der Waals surface area contributed by atoms with Crippen molar-refractivity contribution in [3.05, 3.63) is 17.1 Å². The van der Waals surface area contributed by atoms with E-state index in [0.29, 0.717) is 13.1 Å². The maximum atomic E-state index is 13.1. The monoisotopic (exact) mass is 418 g/mol. The molecule has 1 aromatic rings. The molecule has 0 bridgehead atoms. The van der Waals surface area contributed by atoms with Crippen LogP contribution in [0.1, 0.15) is 80.8 Å². The van der Waals surface area contributed by atoms with E-state index in [1.807, 2.05) is 0 Å². The van der Waals surface area contributed by atoms with Crippen molar-refractivity contribution in [2.75, 3.05) is 31.1 Å². The van der Waals surface area contributed by atoms with Gasteiger partial charge in [0.15, 0.2) is 0 Å². The molecule has 7 heteroatoms. The van der Waals surface area contributed by atoms with Gasteiger partial charge in [0.2, 0.25) is 10.0 Å². The standard InChI is InChI=1S/C22H34N4O2S/c1-16-20-9-5-12-25(14-17-10-11-17)22(20)24-21(23-16)18-6-4-13-26(15-18)29(27,28)19-7-2-3-8-19/h17-19H,2-15H2,1H3. The molecule has 3 heterocycles. The van der Waals surface area contributed by atoms with Crippen LogP contribution < -0.4 is 4.90 Å². The smallest absolute Gasteiger partial charge is 0.217 e. The molecule has 1 unspecified atom stereocenters. The summed E-state index contributed by atoms with van der Waals surface area (Å²) in [6.45, 7) is 5.54. The number of nitrogens with zero attached hydrogens (tertiary/aromatic N) is 4. The van der Waals surface area contributed by atoms with Crippen molar-refractivity contribution in [1.29, 1.82) is 0 Å². The molecule has 2 aliphatic carbocycles. The molecule has 6 nitrogen and oxygen atoms in total. The fourth-order valence-corrected chi connectivity index (χ4v) is 7.58. The topological polar surface area (TPSA) is 66.4 Å². The Morgan fingerprint density at radius 3 is 2.52 bits per heavy atom. The minimum Gasteiger partial charge on any atom is -0.356 e. The fraction of sp³-hybridized carbons (Fsp3) is 0.818. The van der Waals surface area contributed by atoms with Crippen molar-refractivity contribution in [3.8, 4) is 0 Å². The summed E-state index contributed by atoms with van der Waals surface area (Å²) in [6, 6.07) is 0. The van der Waals surface area contributed by atoms with Crippen LogP contribution in [-0.2, 0) is 16.4 Å². The van der Waals surface area contributed by atoms with Gasteiger partial charge in [0, 0.05) is 43.4 Å². The highest BCUT2D eigenvalue weighted by Gasteiger charge is 2.38. The van der Waals surface area contributed by atoms with E-state index in [1.165, 1.54) is 24.8 Å². The number of anilines is 1. The van der Waals surface area contributed by atoms with E-state index in [-0.39, 0.29) is 11.2 Å². The van der Waals surface area contributed by atoms with Crippen LogP contribution in [0.5, 0.6) is 0 Å². The van der Waals surface area contributed by atoms with Gasteiger partial charge in [0.1, 0.15) is 11.6 Å². The number of aromatic nitrogens is 2. The van der Waals surface area contributed by atoms with Gasteiger partial charge in [-0.1, -0.05) is 12.8 Å². The third-order valence-electron chi connectivity index (χ3n) is 7.37. The highest BCUT2D eigenvalue weighted by atomic mass is 32.2. The Labute approximate surface area is 175 Å². The van der Waals surface area contributed by atoms with Crippen molar-refractivity contribution in [2.45, 2.75) is 82.3 Å². The second-order valence-electron chi connectivity index (χ2n) is 9.61. The van der Waals surface area contributed by atoms with Crippen molar-refractivity contribution in [3.63, 3.8) is 0 Å². The van der Waals surface area contributed by atoms with E-state index < -0.39 is 10.0 Å². The van der Waals surface area contributed by atoms with Crippen LogP contribution in [0.2, 0.25) is 0 Å². The summed E-state index contributed by atoms with van der Waals surface area (Å²) < 4.78 is 28.0. The summed E-state index contributed by atoms with van der Waals surface area (Å²) in [5.74, 6) is 2.96. The molecular weight excluding hydrogens is 384 g/mol. The van der Waals surface area contributed by atoms with E-state index in [1.54, 1.807) is 4.31 Å². The van der Waals surface area contributed by atoms with E-state index in [0.717, 1.165) is 81.3 Å². The molecule has 0 aromatic carbocycles. The minimum atomic E-state index is -3.18. The molecule has 1 saturated heterocycles. The summed E-state index contributed by atoms with van der Waals surface area (Å²) in [6.07, 6.45) is 10.6. The summed E-state index contributed by atoms with van der Waals surface area (Å²) >= 11 is 0. The second-order valence-corrected chi connectivity index (χ2v) is 11.8. The third-order valence-corrected chi connectivity index (χ3v) is 9.74. The van der Waals surface area contributed by atoms with Gasteiger partial charge in [-0.3, -0.25) is 0 Å². The number of hydrogen-bond donors (Lipinski definition) is 0. The van der Waals surface area contributed by atoms with Crippen molar-refractivity contribution < 1.29 is 8.42 Å². The zero-order valence-electron chi connectivity index (χ0n) is 17.6. The Bertz CT molecular complexity index is 862. The van der Waals surface area contributed by atoms with Crippen LogP contribution >= 0.6 is 0 Å². The van der Waals surface area contributed by atoms with Crippen LogP contribution in [0.25, 0.3) is 0 Å². The zero-order chi connectivity index (χ0) is 20.0. The van der Waals surface area contributed by atoms with Crippen molar-refractivity contribution >= 4 is 15.8 Å². The maximum Gasteiger partial charge on any atom is 0.217 e. The molecule has 2 saturated carbocycles. The van der Waals surface area contributed by atoms with Crippen LogP contribution in [0.15, 0.2) is 0 Å². The Morgan fingerprint density at radius 1 is 0.966 bits per heavy atom. The molecule has 5 rings (SSSR count). The first kappa shape index (κ1) is 19.7. The first-order valence-electron chi connectivity index (χ1n) is 11.6. The highest BCUT2D eigenvalue weighted by molar-refractivity contribution is 7.89. The Hall–Kier alpha value is -1.21. The average Bonchev–Trinajstić information content (AvgIpc) is 3.36. The number of rotatable bonds is 5. The Kier molecular flexibility index (Phi) is 5.31. The predicted molar refractivity (Wildman–Crippen MR) is 115 cm³/mol. The fourth-order valence-electron chi connectivity index (χ4n) is 5.46. The molecule has 160 valence electrons. The quantitative estimate of drug-likeness (QED) is 0.733. The zero-order valence-corrected chi connectivity index (χ0v) is 18.5. The number of fused-ring (bicyclic) bond motifs is 1. The van der Waals surface area contributed by atoms with Crippen LogP contribution in [0, 0.1) is 12.8 Å². The summed E-state index contributed by atoms with van der Waals surface area (Å²) in [7, 11) is -3.18. The number of sulfonamides is 1. The molecule has 2 aliphatic heterocycles. The van der Waals surface area contributed by atoms with Gasteiger partial charge < -0.3 is 4.90 Å². The lowest BCUT2D eigenvalue weighted by molar-refractivity contribution is 0.305. The van der Waals surface area contributed by atoms with Gasteiger partial charge in [-0.15, -0.1) is 0 Å². The lowest BCUT2D eigenvalue weighted by Gasteiger charge is -2.35. The van der Waals surface area contributed by atoms with E-state index >= 15 is 0 Å². The Balaban J connectivity index is 1.39. The van der Waals surface area contributed by atoms with Crippen LogP contribution in [-0.4, -0.2) is 54.1 Å². The predicted octanol–water partition coefficient (Wildman–Crippen LogP) is 3.40. The van der Waals surface area contributed by atoms with E-state index in [2.05, 4.69) is 11.8 Å². The van der Waals surface area contributed by atoms with Gasteiger partial charge in [-0.25, -0.2) is 22.7 Å². The minimum absolute atomic E-state index is 0.119. The van der Waals surface area contributed by atoms with Crippen molar-refractivity contribution in [1.82, 2.24) is 14.3 Å². The van der Waals surface area contributed by atoms with Gasteiger partial charge >= 0.3 is 0 Å². The van der Waals surface area contributed by atoms with Crippen LogP contribution in [0.3, 0.4) is 0 Å². The van der Waals surface area contributed by atoms with E-state index in [9.17, 15) is 8.42 Å². The van der Waals surface area contributed by atoms with Gasteiger partial charge in [-0.2, -0.15) is 0 Å². The first-order valence-corrected chi connectivity index (χ1v) is 13.1. The number of aryl methyl sites for hydroxylation is 1.